The van der Waals surface area contributed by atoms with Crippen LogP contribution in [0.25, 0.3) is 10.9 Å². The Kier molecular flexibility index (Phi) is 3.87. The molecule has 0 saturated heterocycles. The second-order valence-electron chi connectivity index (χ2n) is 5.48. The van der Waals surface area contributed by atoms with Crippen LogP contribution in [0.15, 0.2) is 48.5 Å². The van der Waals surface area contributed by atoms with Crippen LogP contribution in [0.2, 0.25) is 0 Å². The minimum atomic E-state index is -4.61. The highest BCUT2D eigenvalue weighted by Gasteiger charge is 2.33. The summed E-state index contributed by atoms with van der Waals surface area (Å²) in [6.45, 7) is 1.09. The lowest BCUT2D eigenvalue weighted by Gasteiger charge is -2.07. The van der Waals surface area contributed by atoms with E-state index in [-0.39, 0.29) is 22.0 Å². The van der Waals surface area contributed by atoms with Crippen molar-refractivity contribution in [2.45, 2.75) is 13.1 Å². The number of aromatic hydroxyl groups is 1. The minimum Gasteiger partial charge on any atom is -0.494 e. The maximum absolute atomic E-state index is 13.0. The highest BCUT2D eigenvalue weighted by molar-refractivity contribution is 6.19. The molecule has 0 radical (unpaired) electrons. The van der Waals surface area contributed by atoms with Crippen molar-refractivity contribution in [2.75, 3.05) is 0 Å². The normalized spacial score (nSPS) is 11.7. The smallest absolute Gasteiger partial charge is 0.416 e. The molecule has 25 heavy (non-hydrogen) atoms. The summed E-state index contributed by atoms with van der Waals surface area (Å²) in [5, 5.41) is 10.4. The summed E-state index contributed by atoms with van der Waals surface area (Å²) in [7, 11) is 0. The van der Waals surface area contributed by atoms with Gasteiger partial charge in [-0.05, 0) is 12.1 Å². The number of benzene rings is 2. The predicted octanol–water partition coefficient (Wildman–Crippen LogP) is 4.26. The molecule has 1 aromatic heterocycles. The Labute approximate surface area is 140 Å². The molecule has 2 aromatic carbocycles. The molecule has 0 atom stereocenters. The molecule has 128 valence electrons. The van der Waals surface area contributed by atoms with Crippen molar-refractivity contribution in [3.8, 4) is 5.88 Å². The number of alkyl halides is 3. The monoisotopic (exact) mass is 347 g/mol. The molecule has 0 bridgehead atoms. The van der Waals surface area contributed by atoms with Crippen LogP contribution in [0.3, 0.4) is 0 Å². The van der Waals surface area contributed by atoms with E-state index < -0.39 is 29.3 Å². The standard InChI is InChI=1S/C18H12F3NO3/c1-10(23)22-14-9-12(18(19,20)21)7-8-13(14)15(17(22)25)16(24)11-5-3-2-4-6-11/h2-9,25H,1H3. The summed E-state index contributed by atoms with van der Waals surface area (Å²) in [4.78, 5) is 24.5. The van der Waals surface area contributed by atoms with Crippen molar-refractivity contribution in [2.24, 2.45) is 0 Å². The molecule has 1 heterocycles. The van der Waals surface area contributed by atoms with E-state index in [0.717, 1.165) is 25.1 Å². The van der Waals surface area contributed by atoms with Crippen LogP contribution in [0.1, 0.15) is 33.2 Å². The maximum atomic E-state index is 13.0. The Bertz CT molecular complexity index is 988. The average Bonchev–Trinajstić information content (AvgIpc) is 2.85. The third kappa shape index (κ3) is 2.77. The Morgan fingerprint density at radius 1 is 1.04 bits per heavy atom. The van der Waals surface area contributed by atoms with Gasteiger partial charge in [-0.15, -0.1) is 0 Å². The number of aromatic nitrogens is 1. The maximum Gasteiger partial charge on any atom is 0.416 e. The van der Waals surface area contributed by atoms with Gasteiger partial charge in [0.2, 0.25) is 11.8 Å². The van der Waals surface area contributed by atoms with E-state index in [1.807, 2.05) is 0 Å². The summed E-state index contributed by atoms with van der Waals surface area (Å²) in [5.41, 5.74) is -1.09. The summed E-state index contributed by atoms with van der Waals surface area (Å²) < 4.78 is 39.6. The van der Waals surface area contributed by atoms with Gasteiger partial charge in [-0.1, -0.05) is 36.4 Å². The SMILES string of the molecule is CC(=O)n1c(O)c(C(=O)c2ccccc2)c2ccc(C(F)(F)F)cc21. The third-order valence-electron chi connectivity index (χ3n) is 3.85. The zero-order valence-corrected chi connectivity index (χ0v) is 13.0. The molecule has 1 N–H and O–H groups in total. The van der Waals surface area contributed by atoms with Crippen LogP contribution in [-0.2, 0) is 6.18 Å². The summed E-state index contributed by atoms with van der Waals surface area (Å²) in [6.07, 6.45) is -4.61. The first-order valence-electron chi connectivity index (χ1n) is 7.27. The second-order valence-corrected chi connectivity index (χ2v) is 5.48. The topological polar surface area (TPSA) is 59.3 Å². The van der Waals surface area contributed by atoms with E-state index >= 15 is 0 Å². The van der Waals surface area contributed by atoms with Gasteiger partial charge in [0.25, 0.3) is 0 Å². The average molecular weight is 347 g/mol. The first kappa shape index (κ1) is 16.8. The lowest BCUT2D eigenvalue weighted by molar-refractivity contribution is -0.137. The number of rotatable bonds is 2. The Morgan fingerprint density at radius 2 is 1.68 bits per heavy atom. The van der Waals surface area contributed by atoms with Crippen molar-refractivity contribution < 1.29 is 27.9 Å². The van der Waals surface area contributed by atoms with Crippen molar-refractivity contribution in [1.29, 1.82) is 0 Å². The first-order valence-corrected chi connectivity index (χ1v) is 7.27. The van der Waals surface area contributed by atoms with Crippen LogP contribution < -0.4 is 0 Å². The van der Waals surface area contributed by atoms with Crippen molar-refractivity contribution >= 4 is 22.6 Å². The minimum absolute atomic E-state index is 0.0783. The van der Waals surface area contributed by atoms with Gasteiger partial charge in [0.1, 0.15) is 0 Å². The predicted molar refractivity (Wildman–Crippen MR) is 84.8 cm³/mol. The molecular formula is C18H12F3NO3. The molecule has 0 spiro atoms. The lowest BCUT2D eigenvalue weighted by atomic mass is 10.0. The molecular weight excluding hydrogens is 335 g/mol. The Morgan fingerprint density at radius 3 is 2.24 bits per heavy atom. The molecule has 0 aliphatic heterocycles. The van der Waals surface area contributed by atoms with Crippen LogP contribution in [0.4, 0.5) is 13.2 Å². The number of nitrogens with zero attached hydrogens (tertiary/aromatic N) is 1. The molecule has 4 nitrogen and oxygen atoms in total. The van der Waals surface area contributed by atoms with Gasteiger partial charge < -0.3 is 5.11 Å². The molecule has 0 aliphatic carbocycles. The molecule has 3 aromatic rings. The third-order valence-corrected chi connectivity index (χ3v) is 3.85. The van der Waals surface area contributed by atoms with Crippen molar-refractivity contribution in [3.05, 3.63) is 65.2 Å². The highest BCUT2D eigenvalue weighted by atomic mass is 19.4. The fraction of sp³-hybridized carbons (Fsp3) is 0.111. The number of carbonyl (C=O) groups excluding carboxylic acids is 2. The summed E-state index contributed by atoms with van der Waals surface area (Å²) in [5.74, 6) is -1.95. The number of carbonyl (C=O) groups is 2. The highest BCUT2D eigenvalue weighted by Crippen LogP contribution is 2.37. The van der Waals surface area contributed by atoms with E-state index in [4.69, 9.17) is 0 Å². The van der Waals surface area contributed by atoms with Gasteiger partial charge in [0.05, 0.1) is 16.6 Å². The number of hydrogen-bond acceptors (Lipinski definition) is 3. The van der Waals surface area contributed by atoms with Crippen LogP contribution >= 0.6 is 0 Å². The quantitative estimate of drug-likeness (QED) is 0.705. The molecule has 0 amide bonds. The molecule has 0 fully saturated rings. The Balaban J connectivity index is 2.32. The lowest BCUT2D eigenvalue weighted by Crippen LogP contribution is -2.07. The van der Waals surface area contributed by atoms with E-state index in [2.05, 4.69) is 0 Å². The molecule has 7 heteroatoms. The number of fused-ring (bicyclic) bond motifs is 1. The number of ketones is 1. The fourth-order valence-electron chi connectivity index (χ4n) is 2.73. The van der Waals surface area contributed by atoms with Crippen LogP contribution in [-0.4, -0.2) is 21.4 Å². The van der Waals surface area contributed by atoms with E-state index in [0.29, 0.717) is 4.57 Å². The van der Waals surface area contributed by atoms with Crippen LogP contribution in [0.5, 0.6) is 5.88 Å². The van der Waals surface area contributed by atoms with Crippen molar-refractivity contribution in [1.82, 2.24) is 4.57 Å². The summed E-state index contributed by atoms with van der Waals surface area (Å²) >= 11 is 0. The Hall–Kier alpha value is -3.09. The largest absolute Gasteiger partial charge is 0.494 e. The van der Waals surface area contributed by atoms with Gasteiger partial charge in [-0.3, -0.25) is 14.2 Å². The zero-order chi connectivity index (χ0) is 18.4. The molecule has 0 unspecified atom stereocenters. The van der Waals surface area contributed by atoms with E-state index in [9.17, 15) is 27.9 Å². The second kappa shape index (κ2) is 5.77. The fourth-order valence-corrected chi connectivity index (χ4v) is 2.73. The number of hydrogen-bond donors (Lipinski definition) is 1. The van der Waals surface area contributed by atoms with Gasteiger partial charge in [0, 0.05) is 17.9 Å². The van der Waals surface area contributed by atoms with Gasteiger partial charge in [0.15, 0.2) is 5.78 Å². The van der Waals surface area contributed by atoms with E-state index in [1.54, 1.807) is 18.2 Å². The van der Waals surface area contributed by atoms with Crippen molar-refractivity contribution in [3.63, 3.8) is 0 Å². The first-order chi connectivity index (χ1) is 11.7. The molecule has 0 saturated carbocycles. The van der Waals surface area contributed by atoms with E-state index in [1.165, 1.54) is 12.1 Å². The van der Waals surface area contributed by atoms with Crippen LogP contribution in [0, 0.1) is 0 Å². The molecule has 0 aliphatic rings. The number of halogens is 3. The molecule has 3 rings (SSSR count). The van der Waals surface area contributed by atoms with Gasteiger partial charge in [-0.2, -0.15) is 13.2 Å². The van der Waals surface area contributed by atoms with Gasteiger partial charge in [-0.25, -0.2) is 0 Å². The zero-order valence-electron chi connectivity index (χ0n) is 13.0. The summed E-state index contributed by atoms with van der Waals surface area (Å²) in [6, 6.07) is 10.6. The van der Waals surface area contributed by atoms with Gasteiger partial charge >= 0.3 is 6.18 Å².